The molecular weight excluding hydrogens is 132 g/mol. The Bertz CT molecular complexity index is 120. The van der Waals surface area contributed by atoms with Crippen molar-refractivity contribution in [1.82, 2.24) is 0 Å². The summed E-state index contributed by atoms with van der Waals surface area (Å²) in [6.45, 7) is 3.39. The van der Waals surface area contributed by atoms with Gasteiger partial charge in [-0.1, -0.05) is 6.92 Å². The van der Waals surface area contributed by atoms with E-state index in [0.29, 0.717) is 13.0 Å². The molecule has 3 heteroatoms. The van der Waals surface area contributed by atoms with Crippen molar-refractivity contribution in [3.05, 3.63) is 0 Å². The zero-order valence-corrected chi connectivity index (χ0v) is 6.22. The number of rotatable bonds is 4. The summed E-state index contributed by atoms with van der Waals surface area (Å²) in [4.78, 5) is 20.1. The van der Waals surface area contributed by atoms with Gasteiger partial charge in [0.05, 0.1) is 6.61 Å². The van der Waals surface area contributed by atoms with Crippen LogP contribution in [0.25, 0.3) is 0 Å². The van der Waals surface area contributed by atoms with Crippen molar-refractivity contribution in [2.24, 2.45) is 5.92 Å². The minimum Gasteiger partial charge on any atom is -0.466 e. The minimum absolute atomic E-state index is 0.139. The van der Waals surface area contributed by atoms with E-state index in [2.05, 4.69) is 4.74 Å². The first-order chi connectivity index (χ1) is 4.66. The van der Waals surface area contributed by atoms with E-state index < -0.39 is 0 Å². The highest BCUT2D eigenvalue weighted by atomic mass is 16.5. The molecule has 0 spiro atoms. The Kier molecular flexibility index (Phi) is 4.54. The van der Waals surface area contributed by atoms with E-state index in [4.69, 9.17) is 0 Å². The van der Waals surface area contributed by atoms with Crippen molar-refractivity contribution >= 4 is 12.3 Å². The Morgan fingerprint density at radius 3 is 2.70 bits per heavy atom. The summed E-state index contributed by atoms with van der Waals surface area (Å²) in [5.74, 6) is -0.447. The quantitative estimate of drug-likeness (QED) is 0.544. The Hall–Kier alpha value is -0.860. The van der Waals surface area contributed by atoms with Gasteiger partial charge in [0.25, 0.3) is 0 Å². The maximum absolute atomic E-state index is 10.2. The highest BCUT2D eigenvalue weighted by molar-refractivity contribution is 5.65. The second kappa shape index (κ2) is 4.97. The molecule has 0 aliphatic carbocycles. The summed E-state index contributed by atoms with van der Waals surface area (Å²) in [5, 5.41) is 0. The molecule has 0 bridgehead atoms. The van der Waals surface area contributed by atoms with Gasteiger partial charge in [-0.2, -0.15) is 0 Å². The maximum atomic E-state index is 10.2. The molecule has 0 heterocycles. The summed E-state index contributed by atoms with van der Waals surface area (Å²) < 4.78 is 4.60. The summed E-state index contributed by atoms with van der Waals surface area (Å²) in [6, 6.07) is 0. The van der Waals surface area contributed by atoms with E-state index in [1.54, 1.807) is 13.2 Å². The van der Waals surface area contributed by atoms with E-state index in [9.17, 15) is 9.59 Å². The lowest BCUT2D eigenvalue weighted by atomic mass is 10.1. The Labute approximate surface area is 60.4 Å². The van der Waals surface area contributed by atoms with Gasteiger partial charge >= 0.3 is 5.97 Å². The third-order valence-electron chi connectivity index (χ3n) is 1.06. The Morgan fingerprint density at radius 1 is 1.70 bits per heavy atom. The summed E-state index contributed by atoms with van der Waals surface area (Å²) in [5.41, 5.74) is 0. The smallest absolute Gasteiger partial charge is 0.302 e. The number of carbonyl (C=O) groups is 1. The van der Waals surface area contributed by atoms with E-state index in [1.807, 2.05) is 0 Å². The summed E-state index contributed by atoms with van der Waals surface area (Å²) in [7, 11) is 0. The van der Waals surface area contributed by atoms with E-state index in [-0.39, 0.29) is 11.9 Å². The first kappa shape index (κ1) is 9.14. The van der Waals surface area contributed by atoms with Crippen LogP contribution in [0.5, 0.6) is 0 Å². The van der Waals surface area contributed by atoms with E-state index in [1.165, 1.54) is 6.92 Å². The lowest BCUT2D eigenvalue weighted by Crippen LogP contribution is -2.05. The molecule has 0 saturated heterocycles. The fourth-order valence-electron chi connectivity index (χ4n) is 0.438. The van der Waals surface area contributed by atoms with Crippen LogP contribution in [0.4, 0.5) is 0 Å². The number of hydrogen-bond donors (Lipinski definition) is 0. The van der Waals surface area contributed by atoms with Gasteiger partial charge in [-0.05, 0) is 6.42 Å². The van der Waals surface area contributed by atoms with Gasteiger partial charge in [-0.15, -0.1) is 0 Å². The van der Waals surface area contributed by atoms with E-state index in [0.717, 1.165) is 0 Å². The topological polar surface area (TPSA) is 43.4 Å². The van der Waals surface area contributed by atoms with Crippen molar-refractivity contribution in [2.45, 2.75) is 20.3 Å². The molecule has 0 fully saturated rings. The molecule has 57 valence electrons. The van der Waals surface area contributed by atoms with Crippen molar-refractivity contribution in [1.29, 1.82) is 0 Å². The molecule has 0 aromatic carbocycles. The molecule has 0 saturated carbocycles. The highest BCUT2D eigenvalue weighted by Gasteiger charge is 2.00. The lowest BCUT2D eigenvalue weighted by Gasteiger charge is -2.01. The van der Waals surface area contributed by atoms with Crippen LogP contribution < -0.4 is 0 Å². The molecular formula is C7H11O3. The Morgan fingerprint density at radius 2 is 2.30 bits per heavy atom. The van der Waals surface area contributed by atoms with Crippen molar-refractivity contribution < 1.29 is 14.3 Å². The van der Waals surface area contributed by atoms with Gasteiger partial charge in [-0.3, -0.25) is 9.59 Å². The second-order valence-corrected chi connectivity index (χ2v) is 2.15. The van der Waals surface area contributed by atoms with Crippen LogP contribution >= 0.6 is 0 Å². The van der Waals surface area contributed by atoms with Crippen molar-refractivity contribution in [3.63, 3.8) is 0 Å². The predicted molar refractivity (Wildman–Crippen MR) is 36.1 cm³/mol. The van der Waals surface area contributed by atoms with E-state index >= 15 is 0 Å². The molecule has 10 heavy (non-hydrogen) atoms. The molecule has 0 aromatic rings. The molecule has 0 rings (SSSR count). The number of ether oxygens (including phenoxy) is 1. The summed E-state index contributed by atoms with van der Waals surface area (Å²) in [6.07, 6.45) is 2.36. The highest BCUT2D eigenvalue weighted by Crippen LogP contribution is 1.96. The van der Waals surface area contributed by atoms with Gasteiger partial charge in [0, 0.05) is 12.8 Å². The van der Waals surface area contributed by atoms with Crippen molar-refractivity contribution in [3.8, 4) is 0 Å². The zero-order chi connectivity index (χ0) is 7.98. The fraction of sp³-hybridized carbons (Fsp3) is 0.714. The normalized spacial score (nSPS) is 12.2. The molecule has 0 aliphatic heterocycles. The summed E-state index contributed by atoms with van der Waals surface area (Å²) >= 11 is 0. The number of hydrogen-bond acceptors (Lipinski definition) is 3. The van der Waals surface area contributed by atoms with Gasteiger partial charge in [-0.25, -0.2) is 0 Å². The largest absolute Gasteiger partial charge is 0.466 e. The van der Waals surface area contributed by atoms with Crippen LogP contribution in [0.1, 0.15) is 20.3 Å². The Balaban J connectivity index is 3.19. The lowest BCUT2D eigenvalue weighted by molar-refractivity contribution is -0.141. The molecule has 1 radical (unpaired) electrons. The van der Waals surface area contributed by atoms with Crippen LogP contribution in [0.2, 0.25) is 0 Å². The standard InChI is InChI=1S/C7H11O3/c1-6(5-8)3-4-10-7(2)9/h6H,3-4H2,1-2H3. The zero-order valence-electron chi connectivity index (χ0n) is 6.22. The fourth-order valence-corrected chi connectivity index (χ4v) is 0.438. The third-order valence-corrected chi connectivity index (χ3v) is 1.06. The minimum atomic E-state index is -0.307. The molecule has 1 unspecified atom stereocenters. The van der Waals surface area contributed by atoms with Crippen LogP contribution in [-0.2, 0) is 14.3 Å². The average molecular weight is 143 g/mol. The van der Waals surface area contributed by atoms with Gasteiger partial charge < -0.3 is 4.74 Å². The molecule has 0 aromatic heterocycles. The molecule has 0 aliphatic rings. The molecule has 0 N–H and O–H groups in total. The van der Waals surface area contributed by atoms with Gasteiger partial charge in [0.15, 0.2) is 0 Å². The van der Waals surface area contributed by atoms with Crippen LogP contribution in [0, 0.1) is 5.92 Å². The van der Waals surface area contributed by atoms with Crippen LogP contribution in [0.15, 0.2) is 0 Å². The van der Waals surface area contributed by atoms with Gasteiger partial charge in [0.2, 0.25) is 6.29 Å². The van der Waals surface area contributed by atoms with Crippen LogP contribution in [0.3, 0.4) is 0 Å². The predicted octanol–water partition coefficient (Wildman–Crippen LogP) is 0.685. The molecule has 0 amide bonds. The monoisotopic (exact) mass is 143 g/mol. The molecule has 1 atom stereocenters. The third kappa shape index (κ3) is 5.28. The second-order valence-electron chi connectivity index (χ2n) is 2.15. The number of esters is 1. The van der Waals surface area contributed by atoms with Crippen molar-refractivity contribution in [2.75, 3.05) is 6.61 Å². The first-order valence-electron chi connectivity index (χ1n) is 3.18. The maximum Gasteiger partial charge on any atom is 0.302 e. The van der Waals surface area contributed by atoms with Crippen LogP contribution in [-0.4, -0.2) is 18.9 Å². The van der Waals surface area contributed by atoms with Gasteiger partial charge in [0.1, 0.15) is 0 Å². The number of carbonyl (C=O) groups excluding carboxylic acids is 2. The SMILES string of the molecule is CC(=O)OCCC(C)[C]=O. The first-order valence-corrected chi connectivity index (χ1v) is 3.18. The molecule has 3 nitrogen and oxygen atoms in total. The average Bonchev–Trinajstić information content (AvgIpc) is 1.87.